The predicted octanol–water partition coefficient (Wildman–Crippen LogP) is 6.25. The van der Waals surface area contributed by atoms with E-state index in [2.05, 4.69) is 69.8 Å². The molecule has 1 unspecified atom stereocenters. The second-order valence-corrected chi connectivity index (χ2v) is 14.2. The quantitative estimate of drug-likeness (QED) is 0.214. The van der Waals surface area contributed by atoms with Gasteiger partial charge >= 0.3 is 7.52 Å². The van der Waals surface area contributed by atoms with Crippen LogP contribution in [0.2, 0.25) is 0 Å². The molecule has 0 saturated heterocycles. The van der Waals surface area contributed by atoms with Gasteiger partial charge in [-0.25, -0.2) is 0 Å². The molecule has 33 heavy (non-hydrogen) atoms. The second kappa shape index (κ2) is 6.77. The molecular weight excluding hydrogens is 611 g/mol. The van der Waals surface area contributed by atoms with Crippen LogP contribution in [0.1, 0.15) is 79.3 Å². The second-order valence-electron chi connectivity index (χ2n) is 12.0. The summed E-state index contributed by atoms with van der Waals surface area (Å²) in [5, 5.41) is 0. The molecule has 0 N–H and O–H groups in total. The van der Waals surface area contributed by atoms with Crippen molar-refractivity contribution in [1.82, 2.24) is 19.3 Å². The van der Waals surface area contributed by atoms with E-state index in [1.165, 1.54) is 11.1 Å². The Balaban J connectivity index is 0.00000259. The van der Waals surface area contributed by atoms with Crippen LogP contribution in [-0.2, 0) is 40.9 Å². The van der Waals surface area contributed by atoms with Crippen LogP contribution in [0.5, 0.6) is 5.88 Å². The molecule has 2 aliphatic rings. The fourth-order valence-corrected chi connectivity index (χ4v) is 6.79. The summed E-state index contributed by atoms with van der Waals surface area (Å²) in [6.45, 7) is 21.6. The Kier molecular flexibility index (Phi) is 5.04. The monoisotopic (exact) mass is 644 g/mol. The Hall–Kier alpha value is -1.55. The smallest absolute Gasteiger partial charge is 0.330 e. The van der Waals surface area contributed by atoms with Gasteiger partial charge < -0.3 is 9.51 Å². The maximum atomic E-state index is 13.8. The van der Waals surface area contributed by atoms with Crippen LogP contribution in [0.3, 0.4) is 0 Å². The molecule has 0 amide bonds. The number of fused-ring (bicyclic) bond motifs is 6. The van der Waals surface area contributed by atoms with Gasteiger partial charge in [0.1, 0.15) is 5.88 Å². The number of benzene rings is 1. The first-order chi connectivity index (χ1) is 14.5. The molecule has 6 nitrogen and oxygen atoms in total. The Morgan fingerprint density at radius 3 is 2.15 bits per heavy atom. The number of hydrogen-bond acceptors (Lipinski definition) is 5. The van der Waals surface area contributed by atoms with Crippen molar-refractivity contribution >= 4 is 18.6 Å². The van der Waals surface area contributed by atoms with Crippen LogP contribution in [0, 0.1) is 11.6 Å². The van der Waals surface area contributed by atoms with Crippen molar-refractivity contribution in [1.29, 1.82) is 0 Å². The van der Waals surface area contributed by atoms with Crippen LogP contribution in [-0.4, -0.2) is 26.0 Å². The molecular formula is C25H32IrN4O2P-. The summed E-state index contributed by atoms with van der Waals surface area (Å²) in [5.41, 5.74) is 4.43. The average Bonchev–Trinajstić information content (AvgIpc) is 3.08. The maximum Gasteiger partial charge on any atom is 0.330 e. The number of imidazole rings is 1. The van der Waals surface area contributed by atoms with E-state index in [1.54, 1.807) is 11.0 Å². The molecule has 2 aromatic heterocycles. The number of hydrogen-bond donors (Lipinski definition) is 0. The van der Waals surface area contributed by atoms with Crippen molar-refractivity contribution in [2.24, 2.45) is 5.41 Å². The zero-order chi connectivity index (χ0) is 23.6. The average molecular weight is 644 g/mol. The van der Waals surface area contributed by atoms with Crippen molar-refractivity contribution in [3.8, 4) is 17.3 Å². The van der Waals surface area contributed by atoms with Gasteiger partial charge in [-0.15, -0.1) is 0 Å². The van der Waals surface area contributed by atoms with Crippen molar-refractivity contribution in [2.75, 3.05) is 6.66 Å². The third-order valence-corrected chi connectivity index (χ3v) is 10.1. The first kappa shape index (κ1) is 24.6. The van der Waals surface area contributed by atoms with E-state index in [1.807, 2.05) is 20.8 Å². The van der Waals surface area contributed by atoms with Gasteiger partial charge in [0.2, 0.25) is 0 Å². The number of aromatic nitrogens is 4. The minimum atomic E-state index is -3.27. The molecule has 1 aliphatic carbocycles. The molecule has 5 rings (SSSR count). The molecule has 3 heterocycles. The predicted molar refractivity (Wildman–Crippen MR) is 128 cm³/mol. The first-order valence-electron chi connectivity index (χ1n) is 11.2. The van der Waals surface area contributed by atoms with Gasteiger partial charge in [0.25, 0.3) is 0 Å². The summed E-state index contributed by atoms with van der Waals surface area (Å²) in [5.74, 6) is 1.46. The minimum absolute atomic E-state index is 0. The maximum absolute atomic E-state index is 13.8. The molecule has 1 aliphatic heterocycles. The van der Waals surface area contributed by atoms with Crippen LogP contribution >= 0.6 is 7.52 Å². The molecule has 0 bridgehead atoms. The molecule has 0 spiro atoms. The third-order valence-electron chi connectivity index (χ3n) is 8.45. The fourth-order valence-electron chi connectivity index (χ4n) is 5.21. The summed E-state index contributed by atoms with van der Waals surface area (Å²) >= 11 is 0. The van der Waals surface area contributed by atoms with Gasteiger partial charge in [0, 0.05) is 26.8 Å². The minimum Gasteiger partial charge on any atom is -0.459 e. The molecule has 0 fully saturated rings. The zero-order valence-electron chi connectivity index (χ0n) is 21.0. The van der Waals surface area contributed by atoms with E-state index in [0.717, 1.165) is 11.0 Å². The van der Waals surface area contributed by atoms with Crippen molar-refractivity contribution < 1.29 is 29.2 Å². The normalized spacial score (nSPS) is 23.8. The largest absolute Gasteiger partial charge is 0.459 e. The van der Waals surface area contributed by atoms with E-state index in [9.17, 15) is 4.57 Å². The SMILES string of the molecule is CC(C)(C)c1n[c-]c2c(n1)OP(C)(=O)n1c-2nc2cc3c(cc21)C(C)(C)C(C)(C)C3(C)C.[Ir]. The van der Waals surface area contributed by atoms with Gasteiger partial charge in [-0.3, -0.25) is 18.9 Å². The molecule has 1 radical (unpaired) electrons. The van der Waals surface area contributed by atoms with Gasteiger partial charge in [-0.2, -0.15) is 0 Å². The van der Waals surface area contributed by atoms with E-state index in [0.29, 0.717) is 23.1 Å². The Labute approximate surface area is 209 Å². The summed E-state index contributed by atoms with van der Waals surface area (Å²) in [6, 6.07) is 4.35. The zero-order valence-corrected chi connectivity index (χ0v) is 24.3. The van der Waals surface area contributed by atoms with Crippen LogP contribution < -0.4 is 4.52 Å². The van der Waals surface area contributed by atoms with Crippen molar-refractivity contribution in [3.63, 3.8) is 0 Å². The van der Waals surface area contributed by atoms with Crippen LogP contribution in [0.4, 0.5) is 0 Å². The third kappa shape index (κ3) is 3.01. The fraction of sp³-hybridized carbons (Fsp3) is 0.560. The van der Waals surface area contributed by atoms with E-state index < -0.39 is 7.52 Å². The van der Waals surface area contributed by atoms with Gasteiger partial charge in [0.15, 0.2) is 0 Å². The van der Waals surface area contributed by atoms with Gasteiger partial charge in [-0.1, -0.05) is 62.3 Å². The summed E-state index contributed by atoms with van der Waals surface area (Å²) < 4.78 is 21.5. The van der Waals surface area contributed by atoms with Crippen LogP contribution in [0.15, 0.2) is 12.1 Å². The Morgan fingerprint density at radius 2 is 1.58 bits per heavy atom. The first-order valence-corrected chi connectivity index (χ1v) is 13.2. The number of rotatable bonds is 0. The molecule has 0 saturated carbocycles. The topological polar surface area (TPSA) is 69.9 Å². The molecule has 8 heteroatoms. The van der Waals surface area contributed by atoms with Crippen molar-refractivity contribution in [2.45, 2.75) is 78.6 Å². The van der Waals surface area contributed by atoms with Gasteiger partial charge in [0.05, 0.1) is 22.7 Å². The number of nitrogens with zero attached hydrogens (tertiary/aromatic N) is 4. The summed E-state index contributed by atoms with van der Waals surface area (Å²) in [7, 11) is -3.27. The molecule has 1 aromatic carbocycles. The van der Waals surface area contributed by atoms with Crippen molar-refractivity contribution in [3.05, 3.63) is 35.3 Å². The summed E-state index contributed by atoms with van der Waals surface area (Å²) in [6.07, 6.45) is 3.08. The van der Waals surface area contributed by atoms with Gasteiger partial charge in [-0.05, 0) is 56.7 Å². The Morgan fingerprint density at radius 1 is 1.00 bits per heavy atom. The van der Waals surface area contributed by atoms with E-state index in [4.69, 9.17) is 9.51 Å². The van der Waals surface area contributed by atoms with Crippen LogP contribution in [0.25, 0.3) is 22.4 Å². The molecule has 179 valence electrons. The molecule has 1 atom stereocenters. The van der Waals surface area contributed by atoms with E-state index >= 15 is 0 Å². The Bertz CT molecular complexity index is 1360. The molecule has 3 aromatic rings. The standard InChI is InChI=1S/C25H32N4O2P.Ir/c1-22(2,3)21-26-13-14-19-27-17-11-15-16(24(6,7)25(8,9)23(15,4)5)12-18(17)29(19)32(10,30)31-20(14)28-21;/h11-12H,1-10H3;/q-1;. The summed E-state index contributed by atoms with van der Waals surface area (Å²) in [4.78, 5) is 14.0. The van der Waals surface area contributed by atoms with E-state index in [-0.39, 0.29) is 41.8 Å².